The van der Waals surface area contributed by atoms with Crippen molar-refractivity contribution in [2.24, 2.45) is 0 Å². The molecule has 2 N–H and O–H groups in total. The van der Waals surface area contributed by atoms with Crippen molar-refractivity contribution in [3.63, 3.8) is 0 Å². The number of hydrogen-bond acceptors (Lipinski definition) is 5. The van der Waals surface area contributed by atoms with Crippen LogP contribution in [-0.2, 0) is 11.3 Å². The van der Waals surface area contributed by atoms with Gasteiger partial charge in [-0.05, 0) is 18.3 Å². The Bertz CT molecular complexity index is 840. The van der Waals surface area contributed by atoms with E-state index < -0.39 is 0 Å². The standard InChI is InChI=1S/C16H21N3O4S/c1-21-13-9-11-12(10-14(13)22-2)17-16(24)19(15(11)20)4-3-18-5-7-23-8-6-18/h9-10H,3-8H2,1-2H3,(H,17,24)/p+1. The van der Waals surface area contributed by atoms with Crippen LogP contribution in [0.5, 0.6) is 11.5 Å². The summed E-state index contributed by atoms with van der Waals surface area (Å²) in [7, 11) is 3.11. The number of aromatic nitrogens is 2. The van der Waals surface area contributed by atoms with E-state index in [0.717, 1.165) is 32.8 Å². The number of aromatic amines is 1. The molecule has 0 atom stereocenters. The summed E-state index contributed by atoms with van der Waals surface area (Å²) >= 11 is 5.38. The number of ether oxygens (including phenoxy) is 3. The van der Waals surface area contributed by atoms with Gasteiger partial charge in [-0.25, -0.2) is 0 Å². The number of quaternary nitrogens is 1. The van der Waals surface area contributed by atoms with Gasteiger partial charge in [-0.2, -0.15) is 0 Å². The number of nitrogens with one attached hydrogen (secondary N) is 2. The number of fused-ring (bicyclic) bond motifs is 1. The highest BCUT2D eigenvalue weighted by Gasteiger charge is 2.16. The Balaban J connectivity index is 1.96. The summed E-state index contributed by atoms with van der Waals surface area (Å²) in [5, 5.41) is 0.540. The molecule has 24 heavy (non-hydrogen) atoms. The Morgan fingerprint density at radius 3 is 2.58 bits per heavy atom. The maximum absolute atomic E-state index is 12.8. The number of hydrogen-bond donors (Lipinski definition) is 2. The van der Waals surface area contributed by atoms with Crippen LogP contribution in [-0.4, -0.2) is 56.6 Å². The quantitative estimate of drug-likeness (QED) is 0.741. The maximum atomic E-state index is 12.8. The van der Waals surface area contributed by atoms with Crippen LogP contribution >= 0.6 is 12.2 Å². The third kappa shape index (κ3) is 3.31. The minimum atomic E-state index is -0.109. The van der Waals surface area contributed by atoms with Gasteiger partial charge >= 0.3 is 0 Å². The second-order valence-corrected chi connectivity index (χ2v) is 6.14. The second kappa shape index (κ2) is 7.33. The predicted octanol–water partition coefficient (Wildman–Crippen LogP) is -0.00861. The van der Waals surface area contributed by atoms with Gasteiger partial charge < -0.3 is 24.1 Å². The molecule has 7 nitrogen and oxygen atoms in total. The van der Waals surface area contributed by atoms with E-state index in [2.05, 4.69) is 4.98 Å². The molecule has 2 aromatic rings. The topological polar surface area (TPSA) is 69.9 Å². The van der Waals surface area contributed by atoms with E-state index in [1.54, 1.807) is 30.9 Å². The Labute approximate surface area is 144 Å². The molecule has 0 spiro atoms. The van der Waals surface area contributed by atoms with Crippen molar-refractivity contribution in [2.75, 3.05) is 47.1 Å². The van der Waals surface area contributed by atoms with E-state index >= 15 is 0 Å². The van der Waals surface area contributed by atoms with Crippen molar-refractivity contribution in [1.29, 1.82) is 0 Å². The van der Waals surface area contributed by atoms with Gasteiger partial charge in [0.2, 0.25) is 0 Å². The largest absolute Gasteiger partial charge is 0.493 e. The van der Waals surface area contributed by atoms with E-state index in [4.69, 9.17) is 26.4 Å². The van der Waals surface area contributed by atoms with Crippen molar-refractivity contribution in [1.82, 2.24) is 9.55 Å². The Morgan fingerprint density at radius 2 is 1.92 bits per heavy atom. The second-order valence-electron chi connectivity index (χ2n) is 5.75. The first-order valence-corrected chi connectivity index (χ1v) is 8.35. The van der Waals surface area contributed by atoms with Crippen LogP contribution in [0, 0.1) is 4.77 Å². The van der Waals surface area contributed by atoms with Gasteiger partial charge in [0.1, 0.15) is 13.1 Å². The van der Waals surface area contributed by atoms with E-state index in [1.807, 2.05) is 0 Å². The first kappa shape index (κ1) is 16.9. The van der Waals surface area contributed by atoms with Gasteiger partial charge in [-0.3, -0.25) is 9.36 Å². The lowest BCUT2D eigenvalue weighted by molar-refractivity contribution is -0.908. The van der Waals surface area contributed by atoms with Crippen molar-refractivity contribution in [3.05, 3.63) is 27.3 Å². The summed E-state index contributed by atoms with van der Waals surface area (Å²) in [5.74, 6) is 1.09. The lowest BCUT2D eigenvalue weighted by Crippen LogP contribution is -3.14. The summed E-state index contributed by atoms with van der Waals surface area (Å²) in [4.78, 5) is 17.4. The zero-order valence-electron chi connectivity index (χ0n) is 13.9. The molecule has 1 aromatic carbocycles. The molecule has 2 heterocycles. The number of benzene rings is 1. The molecule has 0 radical (unpaired) electrons. The smallest absolute Gasteiger partial charge is 0.262 e. The zero-order chi connectivity index (χ0) is 17.1. The van der Waals surface area contributed by atoms with Crippen molar-refractivity contribution >= 4 is 23.1 Å². The number of nitrogens with zero attached hydrogens (tertiary/aromatic N) is 1. The first-order valence-electron chi connectivity index (χ1n) is 7.94. The van der Waals surface area contributed by atoms with Gasteiger partial charge in [-0.1, -0.05) is 0 Å². The number of H-pyrrole nitrogens is 1. The van der Waals surface area contributed by atoms with Crippen molar-refractivity contribution in [3.8, 4) is 11.5 Å². The Hall–Kier alpha value is -1.90. The predicted molar refractivity (Wildman–Crippen MR) is 92.9 cm³/mol. The van der Waals surface area contributed by atoms with E-state index in [0.29, 0.717) is 33.7 Å². The lowest BCUT2D eigenvalue weighted by Gasteiger charge is -2.24. The molecular formula is C16H22N3O4S+. The summed E-state index contributed by atoms with van der Waals surface area (Å²) in [5.41, 5.74) is 0.542. The minimum absolute atomic E-state index is 0.109. The molecule has 0 saturated carbocycles. The van der Waals surface area contributed by atoms with Crippen LogP contribution < -0.4 is 19.9 Å². The average Bonchev–Trinajstić information content (AvgIpc) is 2.61. The van der Waals surface area contributed by atoms with Gasteiger partial charge in [0, 0.05) is 6.07 Å². The molecule has 8 heteroatoms. The molecule has 3 rings (SSSR count). The Morgan fingerprint density at radius 1 is 1.25 bits per heavy atom. The summed E-state index contributed by atoms with van der Waals surface area (Å²) in [6.07, 6.45) is 0. The fraction of sp³-hybridized carbons (Fsp3) is 0.500. The molecule has 130 valence electrons. The summed E-state index contributed by atoms with van der Waals surface area (Å²) in [6, 6.07) is 3.43. The van der Waals surface area contributed by atoms with Gasteiger partial charge in [0.15, 0.2) is 16.3 Å². The molecule has 0 aliphatic carbocycles. The Kier molecular flexibility index (Phi) is 5.17. The molecule has 1 fully saturated rings. The molecule has 1 aliphatic heterocycles. The van der Waals surface area contributed by atoms with Crippen molar-refractivity contribution in [2.45, 2.75) is 6.54 Å². The van der Waals surface area contributed by atoms with E-state index in [-0.39, 0.29) is 5.56 Å². The number of morpholine rings is 1. The molecule has 0 unspecified atom stereocenters. The van der Waals surface area contributed by atoms with Crippen LogP contribution in [0.15, 0.2) is 16.9 Å². The number of rotatable bonds is 5. The van der Waals surface area contributed by atoms with Crippen LogP contribution in [0.2, 0.25) is 0 Å². The fourth-order valence-corrected chi connectivity index (χ4v) is 3.25. The average molecular weight is 352 g/mol. The highest BCUT2D eigenvalue weighted by Crippen LogP contribution is 2.29. The third-order valence-electron chi connectivity index (χ3n) is 4.37. The highest BCUT2D eigenvalue weighted by atomic mass is 32.1. The van der Waals surface area contributed by atoms with Crippen LogP contribution in [0.25, 0.3) is 10.9 Å². The molecule has 1 saturated heterocycles. The van der Waals surface area contributed by atoms with Crippen LogP contribution in [0.3, 0.4) is 0 Å². The SMILES string of the molecule is COc1cc2[nH]c(=S)n(CC[NH+]3CCOCC3)c(=O)c2cc1OC. The monoisotopic (exact) mass is 352 g/mol. The molecule has 1 aliphatic rings. The molecular weight excluding hydrogens is 330 g/mol. The third-order valence-corrected chi connectivity index (χ3v) is 4.70. The van der Waals surface area contributed by atoms with E-state index in [9.17, 15) is 4.79 Å². The van der Waals surface area contributed by atoms with Gasteiger partial charge in [0.25, 0.3) is 5.56 Å². The number of methoxy groups -OCH3 is 2. The maximum Gasteiger partial charge on any atom is 0.262 e. The zero-order valence-corrected chi connectivity index (χ0v) is 14.7. The van der Waals surface area contributed by atoms with Gasteiger partial charge in [0.05, 0.1) is 51.4 Å². The summed E-state index contributed by atoms with van der Waals surface area (Å²) < 4.78 is 18.0. The normalized spacial score (nSPS) is 15.6. The van der Waals surface area contributed by atoms with E-state index in [1.165, 1.54) is 4.90 Å². The molecule has 0 amide bonds. The van der Waals surface area contributed by atoms with Crippen LogP contribution in [0.4, 0.5) is 0 Å². The fourth-order valence-electron chi connectivity index (χ4n) is 2.96. The first-order chi connectivity index (χ1) is 11.6. The van der Waals surface area contributed by atoms with Crippen molar-refractivity contribution < 1.29 is 19.1 Å². The highest BCUT2D eigenvalue weighted by molar-refractivity contribution is 7.71. The summed E-state index contributed by atoms with van der Waals surface area (Å²) in [6.45, 7) is 4.89. The lowest BCUT2D eigenvalue weighted by atomic mass is 10.2. The van der Waals surface area contributed by atoms with Crippen LogP contribution in [0.1, 0.15) is 0 Å². The minimum Gasteiger partial charge on any atom is -0.493 e. The molecule has 1 aromatic heterocycles. The molecule has 0 bridgehead atoms. The van der Waals surface area contributed by atoms with Gasteiger partial charge in [-0.15, -0.1) is 0 Å².